The molecule has 0 fully saturated rings. The Balaban J connectivity index is 1.39. The van der Waals surface area contributed by atoms with Gasteiger partial charge in [-0.2, -0.15) is 0 Å². The number of benzene rings is 4. The predicted octanol–water partition coefficient (Wildman–Crippen LogP) is 7.93. The second-order valence-corrected chi connectivity index (χ2v) is 10.9. The van der Waals surface area contributed by atoms with Crippen LogP contribution in [0.25, 0.3) is 10.1 Å². The number of thiophene rings is 1. The Morgan fingerprint density at radius 1 is 1.02 bits per heavy atom. The molecule has 0 bridgehead atoms. The zero-order valence-corrected chi connectivity index (χ0v) is 24.5. The summed E-state index contributed by atoms with van der Waals surface area (Å²) in [7, 11) is 1.56. The summed E-state index contributed by atoms with van der Waals surface area (Å²) < 4.78 is 37.6. The van der Waals surface area contributed by atoms with Crippen LogP contribution in [-0.4, -0.2) is 25.6 Å². The second-order valence-electron chi connectivity index (χ2n) is 9.36. The van der Waals surface area contributed by atoms with Gasteiger partial charge in [0.15, 0.2) is 6.10 Å². The molecule has 220 valence electrons. The number of methoxy groups -OCH3 is 1. The number of hydrogen-bond donors (Lipinski definition) is 3. The summed E-state index contributed by atoms with van der Waals surface area (Å²) in [5, 5.41) is 11.4. The van der Waals surface area contributed by atoms with E-state index in [9.17, 15) is 9.18 Å². The van der Waals surface area contributed by atoms with Crippen LogP contribution in [-0.2, 0) is 11.3 Å². The number of carbonyl (C=O) groups is 1. The molecule has 0 radical (unpaired) electrons. The van der Waals surface area contributed by atoms with Gasteiger partial charge in [-0.1, -0.05) is 48.0 Å². The zero-order chi connectivity index (χ0) is 30.3. The number of carbonyl (C=O) groups excluding carboxylic acids is 1. The van der Waals surface area contributed by atoms with E-state index >= 15 is 0 Å². The monoisotopic (exact) mass is 619 g/mol. The summed E-state index contributed by atoms with van der Waals surface area (Å²) in [6, 6.07) is 25.9. The molecule has 4 N–H and O–H groups in total. The van der Waals surface area contributed by atoms with Crippen LogP contribution in [0.3, 0.4) is 0 Å². The number of amidine groups is 1. The minimum Gasteiger partial charge on any atom is -0.497 e. The molecule has 0 saturated carbocycles. The van der Waals surface area contributed by atoms with Gasteiger partial charge < -0.3 is 24.7 Å². The lowest BCUT2D eigenvalue weighted by molar-refractivity contribution is 0.0908. The van der Waals surface area contributed by atoms with Crippen molar-refractivity contribution >= 4 is 50.6 Å². The first-order valence-corrected chi connectivity index (χ1v) is 14.3. The maximum absolute atomic E-state index is 13.6. The standard InChI is InChI=1S/C32H27ClFN3O5S/c1-39-22-10-8-21(9-11-22)37-32(38)41-18-28(20-5-3-2-4-6-20)42-27-14-23(15-29-24(27)16-30(43-29)31(35)36)40-17-19-7-12-26(34)25(33)13-19/h2-16,28H,17-18H2,1H3,(H3,35,36)(H,37,38). The molecule has 1 atom stereocenters. The number of nitrogens with one attached hydrogen (secondary N) is 2. The van der Waals surface area contributed by atoms with Crippen molar-refractivity contribution in [3.63, 3.8) is 0 Å². The first-order valence-electron chi connectivity index (χ1n) is 13.1. The van der Waals surface area contributed by atoms with Crippen LogP contribution < -0.4 is 25.3 Å². The molecule has 0 aliphatic heterocycles. The van der Waals surface area contributed by atoms with E-state index in [1.807, 2.05) is 36.4 Å². The normalized spacial score (nSPS) is 11.5. The lowest BCUT2D eigenvalue weighted by Crippen LogP contribution is -2.21. The maximum atomic E-state index is 13.6. The van der Waals surface area contributed by atoms with E-state index in [4.69, 9.17) is 41.7 Å². The first kappa shape index (κ1) is 29.7. The fourth-order valence-electron chi connectivity index (χ4n) is 4.19. The van der Waals surface area contributed by atoms with E-state index in [0.717, 1.165) is 15.6 Å². The number of amides is 1. The molecule has 1 aromatic heterocycles. The topological polar surface area (TPSA) is 116 Å². The van der Waals surface area contributed by atoms with Crippen molar-refractivity contribution in [1.29, 1.82) is 5.41 Å². The van der Waals surface area contributed by atoms with E-state index < -0.39 is 18.0 Å². The summed E-state index contributed by atoms with van der Waals surface area (Å²) in [5.74, 6) is 1.00. The van der Waals surface area contributed by atoms with Gasteiger partial charge in [-0.3, -0.25) is 10.7 Å². The van der Waals surface area contributed by atoms with Gasteiger partial charge in [0.2, 0.25) is 0 Å². The molecule has 4 aromatic carbocycles. The van der Waals surface area contributed by atoms with Crippen LogP contribution in [0, 0.1) is 11.2 Å². The average Bonchev–Trinajstić information content (AvgIpc) is 3.46. The summed E-state index contributed by atoms with van der Waals surface area (Å²) in [6.45, 7) is 0.0308. The molecule has 0 aliphatic rings. The molecule has 1 amide bonds. The van der Waals surface area contributed by atoms with Crippen molar-refractivity contribution in [2.24, 2.45) is 5.73 Å². The van der Waals surface area contributed by atoms with Crippen LogP contribution >= 0.6 is 22.9 Å². The van der Waals surface area contributed by atoms with Crippen LogP contribution in [0.15, 0.2) is 91.0 Å². The molecule has 5 aromatic rings. The zero-order valence-electron chi connectivity index (χ0n) is 22.9. The third-order valence-corrected chi connectivity index (χ3v) is 7.78. The van der Waals surface area contributed by atoms with E-state index in [2.05, 4.69) is 5.32 Å². The number of fused-ring (bicyclic) bond motifs is 1. The SMILES string of the molecule is COc1ccc(NC(=O)OCC(Oc2cc(OCc3ccc(F)c(Cl)c3)cc3sc(C(=N)N)cc23)c2ccccc2)cc1. The van der Waals surface area contributed by atoms with E-state index in [-0.39, 0.29) is 24.1 Å². The Morgan fingerprint density at radius 2 is 1.79 bits per heavy atom. The number of nitrogen functional groups attached to an aromatic ring is 1. The third kappa shape index (κ3) is 7.54. The quantitative estimate of drug-likeness (QED) is 0.102. The molecule has 43 heavy (non-hydrogen) atoms. The van der Waals surface area contributed by atoms with Gasteiger partial charge in [0.1, 0.15) is 42.1 Å². The van der Waals surface area contributed by atoms with Gasteiger partial charge >= 0.3 is 6.09 Å². The second kappa shape index (κ2) is 13.5. The summed E-state index contributed by atoms with van der Waals surface area (Å²) >= 11 is 7.25. The number of hydrogen-bond acceptors (Lipinski definition) is 7. The Morgan fingerprint density at radius 3 is 2.49 bits per heavy atom. The molecular weight excluding hydrogens is 593 g/mol. The van der Waals surface area contributed by atoms with Gasteiger partial charge in [0.25, 0.3) is 0 Å². The van der Waals surface area contributed by atoms with Gasteiger partial charge in [0, 0.05) is 21.8 Å². The summed E-state index contributed by atoms with van der Waals surface area (Å²) in [5.41, 5.74) is 7.80. The van der Waals surface area contributed by atoms with Gasteiger partial charge in [-0.05, 0) is 59.7 Å². The van der Waals surface area contributed by atoms with Crippen molar-refractivity contribution < 1.29 is 28.1 Å². The van der Waals surface area contributed by atoms with Gasteiger partial charge in [-0.25, -0.2) is 9.18 Å². The average molecular weight is 620 g/mol. The van der Waals surface area contributed by atoms with Gasteiger partial charge in [0.05, 0.1) is 17.0 Å². The summed E-state index contributed by atoms with van der Waals surface area (Å²) in [4.78, 5) is 13.2. The maximum Gasteiger partial charge on any atom is 0.411 e. The van der Waals surface area contributed by atoms with E-state index in [1.54, 1.807) is 49.6 Å². The number of ether oxygens (including phenoxy) is 4. The molecule has 5 rings (SSSR count). The molecule has 1 unspecified atom stereocenters. The minimum atomic E-state index is -0.683. The largest absolute Gasteiger partial charge is 0.497 e. The van der Waals surface area contributed by atoms with Crippen molar-refractivity contribution in [2.75, 3.05) is 19.0 Å². The van der Waals surface area contributed by atoms with E-state index in [1.165, 1.54) is 23.5 Å². The third-order valence-electron chi connectivity index (χ3n) is 6.37. The fourth-order valence-corrected chi connectivity index (χ4v) is 5.36. The molecule has 1 heterocycles. The predicted molar refractivity (Wildman–Crippen MR) is 166 cm³/mol. The van der Waals surface area contributed by atoms with Crippen molar-refractivity contribution in [2.45, 2.75) is 12.7 Å². The van der Waals surface area contributed by atoms with Crippen LogP contribution in [0.4, 0.5) is 14.9 Å². The molecular formula is C32H27ClFN3O5S. The highest BCUT2D eigenvalue weighted by molar-refractivity contribution is 7.20. The highest BCUT2D eigenvalue weighted by Gasteiger charge is 2.20. The Labute approximate surface area is 256 Å². The number of anilines is 1. The van der Waals surface area contributed by atoms with Crippen molar-refractivity contribution in [3.05, 3.63) is 118 Å². The molecule has 11 heteroatoms. The minimum absolute atomic E-state index is 0.00617. The summed E-state index contributed by atoms with van der Waals surface area (Å²) in [6.07, 6.45) is -1.33. The van der Waals surface area contributed by atoms with Crippen molar-refractivity contribution in [3.8, 4) is 17.2 Å². The highest BCUT2D eigenvalue weighted by atomic mass is 35.5. The molecule has 8 nitrogen and oxygen atoms in total. The highest BCUT2D eigenvalue weighted by Crippen LogP contribution is 2.39. The number of rotatable bonds is 11. The lowest BCUT2D eigenvalue weighted by Gasteiger charge is -2.21. The Bertz CT molecular complexity index is 1750. The molecule has 0 aliphatic carbocycles. The van der Waals surface area contributed by atoms with Crippen LogP contribution in [0.1, 0.15) is 22.1 Å². The van der Waals surface area contributed by atoms with Crippen LogP contribution in [0.5, 0.6) is 17.2 Å². The molecule has 0 saturated heterocycles. The Hall–Kier alpha value is -4.80. The first-order chi connectivity index (χ1) is 20.8. The van der Waals surface area contributed by atoms with E-state index in [0.29, 0.717) is 33.4 Å². The smallest absolute Gasteiger partial charge is 0.411 e. The van der Waals surface area contributed by atoms with Crippen molar-refractivity contribution in [1.82, 2.24) is 0 Å². The van der Waals surface area contributed by atoms with Gasteiger partial charge in [-0.15, -0.1) is 11.3 Å². The number of nitrogens with two attached hydrogens (primary N) is 1. The van der Waals surface area contributed by atoms with Crippen LogP contribution in [0.2, 0.25) is 5.02 Å². The Kier molecular flexibility index (Phi) is 9.29. The molecule has 0 spiro atoms. The fraction of sp³-hybridized carbons (Fsp3) is 0.125. The number of halogens is 2. The lowest BCUT2D eigenvalue weighted by atomic mass is 10.1.